The van der Waals surface area contributed by atoms with Gasteiger partial charge in [-0.2, -0.15) is 0 Å². The van der Waals surface area contributed by atoms with Crippen molar-refractivity contribution >= 4 is 51.5 Å². The molecule has 1 aromatic heterocycles. The van der Waals surface area contributed by atoms with Crippen molar-refractivity contribution in [2.24, 2.45) is 4.99 Å². The van der Waals surface area contributed by atoms with Gasteiger partial charge in [0, 0.05) is 29.2 Å². The van der Waals surface area contributed by atoms with E-state index in [-0.39, 0.29) is 17.7 Å². The topological polar surface area (TPSA) is 95.0 Å². The first kappa shape index (κ1) is 23.1. The molecule has 0 aliphatic heterocycles. The first-order chi connectivity index (χ1) is 16.4. The molecule has 1 heterocycles. The van der Waals surface area contributed by atoms with Crippen molar-refractivity contribution < 1.29 is 19.4 Å². The molecule has 7 nitrogen and oxygen atoms in total. The van der Waals surface area contributed by atoms with Crippen LogP contribution in [0.25, 0.3) is 10.9 Å². The second kappa shape index (κ2) is 9.80. The zero-order valence-electron chi connectivity index (χ0n) is 18.6. The molecule has 3 aromatic carbocycles. The van der Waals surface area contributed by atoms with Gasteiger partial charge in [0.05, 0.1) is 29.6 Å². The normalized spacial score (nSPS) is 11.4. The number of amides is 1. The third-order valence-electron chi connectivity index (χ3n) is 5.45. The van der Waals surface area contributed by atoms with Crippen LogP contribution in [0.15, 0.2) is 77.8 Å². The van der Waals surface area contributed by atoms with Crippen LogP contribution in [0, 0.1) is 0 Å². The maximum atomic E-state index is 11.9. The maximum Gasteiger partial charge on any atom is 0.337 e. The van der Waals surface area contributed by atoms with E-state index in [2.05, 4.69) is 4.98 Å². The fourth-order valence-electron chi connectivity index (χ4n) is 3.64. The van der Waals surface area contributed by atoms with Gasteiger partial charge in [-0.3, -0.25) is 4.79 Å². The van der Waals surface area contributed by atoms with E-state index in [4.69, 9.17) is 21.3 Å². The number of fused-ring (bicyclic) bond motifs is 1. The van der Waals surface area contributed by atoms with Crippen LogP contribution >= 0.6 is 11.6 Å². The second-order valence-electron chi connectivity index (χ2n) is 7.53. The van der Waals surface area contributed by atoms with E-state index < -0.39 is 5.97 Å². The molecule has 0 spiro atoms. The molecule has 8 heteroatoms. The van der Waals surface area contributed by atoms with Gasteiger partial charge in [0.15, 0.2) is 5.88 Å². The number of carbonyl (C=O) groups excluding carboxylic acids is 2. The van der Waals surface area contributed by atoms with Crippen molar-refractivity contribution in [3.05, 3.63) is 89.5 Å². The molecule has 0 bridgehead atoms. The molecule has 172 valence electrons. The predicted molar refractivity (Wildman–Crippen MR) is 134 cm³/mol. The number of rotatable bonds is 6. The standard InChI is InChI=1S/C26H22ClN3O4/c1-30(22(31)15-27)19-11-9-18(10-12-19)28-24(16-6-4-3-5-7-16)23-20-13-8-17(26(33)34-2)14-21(20)29-25(23)32/h3-14,29,32H,15H2,1-2H3. The van der Waals surface area contributed by atoms with Gasteiger partial charge in [-0.15, -0.1) is 11.6 Å². The van der Waals surface area contributed by atoms with Crippen molar-refractivity contribution in [1.29, 1.82) is 0 Å². The Labute approximate surface area is 201 Å². The highest BCUT2D eigenvalue weighted by atomic mass is 35.5. The van der Waals surface area contributed by atoms with Crippen molar-refractivity contribution in [2.75, 3.05) is 24.9 Å². The number of nitrogens with one attached hydrogen (secondary N) is 1. The number of aliphatic imine (C=N–C) groups is 1. The summed E-state index contributed by atoms with van der Waals surface area (Å²) < 4.78 is 4.80. The lowest BCUT2D eigenvalue weighted by Crippen LogP contribution is -2.26. The van der Waals surface area contributed by atoms with Crippen LogP contribution < -0.4 is 4.90 Å². The minimum absolute atomic E-state index is 0.0660. The first-order valence-corrected chi connectivity index (χ1v) is 11.0. The molecule has 0 aliphatic carbocycles. The Hall–Kier alpha value is -4.10. The van der Waals surface area contributed by atoms with Crippen LogP contribution in [-0.2, 0) is 9.53 Å². The van der Waals surface area contributed by atoms with E-state index in [9.17, 15) is 14.7 Å². The first-order valence-electron chi connectivity index (χ1n) is 10.4. The molecule has 0 saturated carbocycles. The van der Waals surface area contributed by atoms with E-state index in [1.807, 2.05) is 30.3 Å². The van der Waals surface area contributed by atoms with Crippen molar-refractivity contribution in [1.82, 2.24) is 4.98 Å². The van der Waals surface area contributed by atoms with Gasteiger partial charge in [0.25, 0.3) is 0 Å². The molecule has 0 unspecified atom stereocenters. The van der Waals surface area contributed by atoms with Gasteiger partial charge < -0.3 is 19.7 Å². The second-order valence-corrected chi connectivity index (χ2v) is 7.80. The average molecular weight is 476 g/mol. The average Bonchev–Trinajstić information content (AvgIpc) is 3.21. The van der Waals surface area contributed by atoms with E-state index in [1.165, 1.54) is 12.0 Å². The monoisotopic (exact) mass is 475 g/mol. The molecule has 4 rings (SSSR count). The summed E-state index contributed by atoms with van der Waals surface area (Å²) >= 11 is 5.65. The van der Waals surface area contributed by atoms with Gasteiger partial charge in [-0.1, -0.05) is 36.4 Å². The minimum atomic E-state index is -0.466. The number of aromatic hydroxyl groups is 1. The third kappa shape index (κ3) is 4.51. The molecular weight excluding hydrogens is 454 g/mol. The quantitative estimate of drug-likeness (QED) is 0.232. The van der Waals surface area contributed by atoms with Crippen LogP contribution in [-0.4, -0.2) is 47.7 Å². The summed E-state index contributed by atoms with van der Waals surface area (Å²) in [6.45, 7) is 0. The summed E-state index contributed by atoms with van der Waals surface area (Å²) in [5.74, 6) is -0.847. The molecule has 0 atom stereocenters. The largest absolute Gasteiger partial charge is 0.494 e. The van der Waals surface area contributed by atoms with Gasteiger partial charge in [-0.25, -0.2) is 9.79 Å². The number of carbonyl (C=O) groups is 2. The lowest BCUT2D eigenvalue weighted by molar-refractivity contribution is -0.116. The Bertz CT molecular complexity index is 1380. The van der Waals surface area contributed by atoms with Crippen LogP contribution in [0.2, 0.25) is 0 Å². The number of methoxy groups -OCH3 is 1. The fraction of sp³-hybridized carbons (Fsp3) is 0.115. The summed E-state index contributed by atoms with van der Waals surface area (Å²) in [7, 11) is 2.98. The number of ether oxygens (including phenoxy) is 1. The molecule has 0 aliphatic rings. The number of hydrogen-bond acceptors (Lipinski definition) is 5. The van der Waals surface area contributed by atoms with E-state index in [1.54, 1.807) is 49.5 Å². The number of hydrogen-bond donors (Lipinski definition) is 2. The lowest BCUT2D eigenvalue weighted by Gasteiger charge is -2.16. The zero-order valence-corrected chi connectivity index (χ0v) is 19.3. The zero-order chi connectivity index (χ0) is 24.2. The Morgan fingerprint density at radius 2 is 1.74 bits per heavy atom. The summed E-state index contributed by atoms with van der Waals surface area (Å²) in [6.07, 6.45) is 0. The maximum absolute atomic E-state index is 11.9. The smallest absolute Gasteiger partial charge is 0.337 e. The Balaban J connectivity index is 1.83. The summed E-state index contributed by atoms with van der Waals surface area (Å²) in [5.41, 5.74) is 4.13. The number of nitrogens with zero attached hydrogens (tertiary/aromatic N) is 2. The fourth-order valence-corrected chi connectivity index (χ4v) is 3.82. The molecule has 2 N–H and O–H groups in total. The van der Waals surface area contributed by atoms with E-state index in [0.717, 1.165) is 5.56 Å². The summed E-state index contributed by atoms with van der Waals surface area (Å²) in [6, 6.07) is 21.7. The Morgan fingerprint density at radius 3 is 2.38 bits per heavy atom. The molecule has 4 aromatic rings. The number of H-pyrrole nitrogens is 1. The van der Waals surface area contributed by atoms with Crippen molar-refractivity contribution in [3.8, 4) is 5.88 Å². The van der Waals surface area contributed by atoms with Crippen molar-refractivity contribution in [3.63, 3.8) is 0 Å². The van der Waals surface area contributed by atoms with Gasteiger partial charge in [0.2, 0.25) is 5.91 Å². The summed E-state index contributed by atoms with van der Waals surface area (Å²) in [5, 5.41) is 11.5. The number of alkyl halides is 1. The number of benzene rings is 3. The summed E-state index contributed by atoms with van der Waals surface area (Å²) in [4.78, 5) is 33.0. The highest BCUT2D eigenvalue weighted by Gasteiger charge is 2.20. The van der Waals surface area contributed by atoms with Crippen LogP contribution in [0.4, 0.5) is 11.4 Å². The minimum Gasteiger partial charge on any atom is -0.494 e. The molecule has 1 amide bonds. The molecule has 0 fully saturated rings. The molecule has 0 radical (unpaired) electrons. The van der Waals surface area contributed by atoms with Crippen LogP contribution in [0.1, 0.15) is 21.5 Å². The molecular formula is C26H22ClN3O4. The van der Waals surface area contributed by atoms with Gasteiger partial charge in [-0.05, 0) is 36.4 Å². The highest BCUT2D eigenvalue weighted by Crippen LogP contribution is 2.32. The Morgan fingerprint density at radius 1 is 1.03 bits per heavy atom. The van der Waals surface area contributed by atoms with Gasteiger partial charge in [0.1, 0.15) is 5.88 Å². The SMILES string of the molecule is COC(=O)c1ccc2c(C(=Nc3ccc(N(C)C(=O)CCl)cc3)c3ccccc3)c(O)[nH]c2c1. The predicted octanol–water partition coefficient (Wildman–Crippen LogP) is 5.03. The van der Waals surface area contributed by atoms with Crippen LogP contribution in [0.5, 0.6) is 5.88 Å². The number of anilines is 1. The Kier molecular flexibility index (Phi) is 6.65. The van der Waals surface area contributed by atoms with Crippen LogP contribution in [0.3, 0.4) is 0 Å². The lowest BCUT2D eigenvalue weighted by atomic mass is 10.00. The number of aromatic nitrogens is 1. The number of aromatic amines is 1. The molecule has 0 saturated heterocycles. The number of halogens is 1. The van der Waals surface area contributed by atoms with E-state index in [0.29, 0.717) is 39.1 Å². The highest BCUT2D eigenvalue weighted by molar-refractivity contribution is 6.29. The molecule has 34 heavy (non-hydrogen) atoms. The van der Waals surface area contributed by atoms with Gasteiger partial charge >= 0.3 is 5.97 Å². The van der Waals surface area contributed by atoms with E-state index >= 15 is 0 Å². The third-order valence-corrected chi connectivity index (χ3v) is 5.68. The van der Waals surface area contributed by atoms with Crippen molar-refractivity contribution in [2.45, 2.75) is 0 Å². The number of esters is 1.